The van der Waals surface area contributed by atoms with Gasteiger partial charge in [-0.2, -0.15) is 0 Å². The highest BCUT2D eigenvalue weighted by Crippen LogP contribution is 2.09. The average molecular weight is 235 g/mol. The van der Waals surface area contributed by atoms with Crippen LogP contribution in [0.4, 0.5) is 4.39 Å². The molecule has 1 aromatic carbocycles. The summed E-state index contributed by atoms with van der Waals surface area (Å²) in [4.78, 5) is 21.2. The Bertz CT molecular complexity index is 514. The average Bonchev–Trinajstić information content (AvgIpc) is 2.25. The van der Waals surface area contributed by atoms with Crippen LogP contribution in [0.5, 0.6) is 0 Å². The molecule has 0 bridgehead atoms. The van der Waals surface area contributed by atoms with Gasteiger partial charge in [-0.15, -0.1) is 0 Å². The molecular formula is C12H10FNO3. The van der Waals surface area contributed by atoms with Gasteiger partial charge in [0, 0.05) is 6.92 Å². The van der Waals surface area contributed by atoms with Crippen molar-refractivity contribution in [1.82, 2.24) is 5.32 Å². The fourth-order valence-electron chi connectivity index (χ4n) is 1.06. The maximum atomic E-state index is 13.2. The molecule has 0 atom stereocenters. The summed E-state index contributed by atoms with van der Waals surface area (Å²) < 4.78 is 13.2. The van der Waals surface area contributed by atoms with E-state index in [0.717, 1.165) is 18.2 Å². The standard InChI is InChI=1S/C12H10FNO3/c1-8(15)14-6-2-3-9-7-10(12(16)17)4-5-11(9)13/h4-5,7H,6H2,1H3,(H,14,15)(H,16,17). The van der Waals surface area contributed by atoms with Crippen molar-refractivity contribution in [2.45, 2.75) is 6.92 Å². The highest BCUT2D eigenvalue weighted by molar-refractivity contribution is 5.88. The van der Waals surface area contributed by atoms with Gasteiger partial charge < -0.3 is 10.4 Å². The largest absolute Gasteiger partial charge is 0.478 e. The van der Waals surface area contributed by atoms with Crippen molar-refractivity contribution in [3.8, 4) is 11.8 Å². The molecule has 1 amide bonds. The first-order valence-electron chi connectivity index (χ1n) is 4.77. The molecule has 2 N–H and O–H groups in total. The first kappa shape index (κ1) is 12.7. The molecule has 0 spiro atoms. The topological polar surface area (TPSA) is 66.4 Å². The molecule has 0 saturated heterocycles. The van der Waals surface area contributed by atoms with Crippen LogP contribution in [0.15, 0.2) is 18.2 Å². The Morgan fingerprint density at radius 1 is 1.47 bits per heavy atom. The van der Waals surface area contributed by atoms with Crippen molar-refractivity contribution in [2.24, 2.45) is 0 Å². The third-order valence-corrected chi connectivity index (χ3v) is 1.86. The van der Waals surface area contributed by atoms with E-state index in [4.69, 9.17) is 5.11 Å². The normalized spacial score (nSPS) is 9.06. The van der Waals surface area contributed by atoms with Crippen LogP contribution < -0.4 is 5.32 Å². The van der Waals surface area contributed by atoms with Crippen LogP contribution in [-0.2, 0) is 4.79 Å². The molecule has 4 nitrogen and oxygen atoms in total. The fraction of sp³-hybridized carbons (Fsp3) is 0.167. The predicted octanol–water partition coefficient (Wildman–Crippen LogP) is 1.01. The van der Waals surface area contributed by atoms with E-state index in [9.17, 15) is 14.0 Å². The van der Waals surface area contributed by atoms with E-state index in [1.165, 1.54) is 6.92 Å². The summed E-state index contributed by atoms with van der Waals surface area (Å²) in [5.41, 5.74) is -0.0366. The van der Waals surface area contributed by atoms with Crippen LogP contribution >= 0.6 is 0 Å². The number of carbonyl (C=O) groups excluding carboxylic acids is 1. The fourth-order valence-corrected chi connectivity index (χ4v) is 1.06. The quantitative estimate of drug-likeness (QED) is 0.752. The van der Waals surface area contributed by atoms with Crippen LogP contribution in [0.25, 0.3) is 0 Å². The van der Waals surface area contributed by atoms with Gasteiger partial charge in [-0.05, 0) is 18.2 Å². The molecule has 1 rings (SSSR count). The summed E-state index contributed by atoms with van der Waals surface area (Å²) in [5, 5.41) is 11.1. The second kappa shape index (κ2) is 5.66. The molecule has 0 aliphatic carbocycles. The number of hydrogen-bond donors (Lipinski definition) is 2. The lowest BCUT2D eigenvalue weighted by Crippen LogP contribution is -2.19. The van der Waals surface area contributed by atoms with E-state index >= 15 is 0 Å². The predicted molar refractivity (Wildman–Crippen MR) is 58.9 cm³/mol. The first-order chi connectivity index (χ1) is 8.00. The Balaban J connectivity index is 2.86. The zero-order valence-electron chi connectivity index (χ0n) is 9.08. The lowest BCUT2D eigenvalue weighted by atomic mass is 10.1. The Morgan fingerprint density at radius 2 is 2.18 bits per heavy atom. The molecular weight excluding hydrogens is 225 g/mol. The van der Waals surface area contributed by atoms with Gasteiger partial charge in [-0.3, -0.25) is 4.79 Å². The lowest BCUT2D eigenvalue weighted by Gasteiger charge is -1.97. The van der Waals surface area contributed by atoms with Crippen LogP contribution in [0.2, 0.25) is 0 Å². The molecule has 1 aromatic rings. The van der Waals surface area contributed by atoms with Gasteiger partial charge in [0.1, 0.15) is 5.82 Å². The highest BCUT2D eigenvalue weighted by Gasteiger charge is 2.06. The molecule has 88 valence electrons. The Kier molecular flexibility index (Phi) is 4.23. The van der Waals surface area contributed by atoms with Gasteiger partial charge in [0.25, 0.3) is 0 Å². The Hall–Kier alpha value is -2.35. The van der Waals surface area contributed by atoms with Crippen molar-refractivity contribution >= 4 is 11.9 Å². The van der Waals surface area contributed by atoms with Crippen molar-refractivity contribution in [2.75, 3.05) is 6.54 Å². The van der Waals surface area contributed by atoms with Crippen molar-refractivity contribution in [3.63, 3.8) is 0 Å². The van der Waals surface area contributed by atoms with E-state index < -0.39 is 11.8 Å². The molecule has 0 fully saturated rings. The summed E-state index contributed by atoms with van der Waals surface area (Å²) in [6.07, 6.45) is 0. The minimum atomic E-state index is -1.14. The van der Waals surface area contributed by atoms with E-state index in [-0.39, 0.29) is 23.6 Å². The SMILES string of the molecule is CC(=O)NCC#Cc1cc(C(=O)O)ccc1F. The summed E-state index contributed by atoms with van der Waals surface area (Å²) in [5.74, 6) is 3.01. The number of carboxylic acids is 1. The van der Waals surface area contributed by atoms with Crippen molar-refractivity contribution in [3.05, 3.63) is 35.1 Å². The number of benzene rings is 1. The van der Waals surface area contributed by atoms with Gasteiger partial charge in [0.05, 0.1) is 17.7 Å². The second-order valence-electron chi connectivity index (χ2n) is 3.21. The second-order valence-corrected chi connectivity index (χ2v) is 3.21. The van der Waals surface area contributed by atoms with Gasteiger partial charge in [0.15, 0.2) is 0 Å². The van der Waals surface area contributed by atoms with E-state index in [2.05, 4.69) is 17.2 Å². The van der Waals surface area contributed by atoms with Crippen LogP contribution in [-0.4, -0.2) is 23.5 Å². The minimum absolute atomic E-state index is 0.00440. The van der Waals surface area contributed by atoms with Gasteiger partial charge >= 0.3 is 5.97 Å². The summed E-state index contributed by atoms with van der Waals surface area (Å²) in [6.45, 7) is 1.43. The van der Waals surface area contributed by atoms with Crippen LogP contribution in [0.1, 0.15) is 22.8 Å². The van der Waals surface area contributed by atoms with Gasteiger partial charge in [-0.1, -0.05) is 11.8 Å². The van der Waals surface area contributed by atoms with Crippen LogP contribution in [0.3, 0.4) is 0 Å². The molecule has 0 aliphatic rings. The molecule has 0 saturated carbocycles. The number of hydrogen-bond acceptors (Lipinski definition) is 2. The Labute approximate surface area is 97.5 Å². The highest BCUT2D eigenvalue weighted by atomic mass is 19.1. The number of carboxylic acid groups (broad SMARTS) is 1. The van der Waals surface area contributed by atoms with Crippen molar-refractivity contribution < 1.29 is 19.1 Å². The summed E-state index contributed by atoms with van der Waals surface area (Å²) in [7, 11) is 0. The number of nitrogens with one attached hydrogen (secondary N) is 1. The summed E-state index contributed by atoms with van der Waals surface area (Å²) >= 11 is 0. The van der Waals surface area contributed by atoms with Gasteiger partial charge in [-0.25, -0.2) is 9.18 Å². The van der Waals surface area contributed by atoms with E-state index in [0.29, 0.717) is 0 Å². The first-order valence-corrected chi connectivity index (χ1v) is 4.77. The Morgan fingerprint density at radius 3 is 2.76 bits per heavy atom. The monoisotopic (exact) mass is 235 g/mol. The minimum Gasteiger partial charge on any atom is -0.478 e. The zero-order chi connectivity index (χ0) is 12.8. The number of halogens is 1. The van der Waals surface area contributed by atoms with Crippen LogP contribution in [0, 0.1) is 17.7 Å². The molecule has 5 heteroatoms. The lowest BCUT2D eigenvalue weighted by molar-refractivity contribution is -0.118. The third-order valence-electron chi connectivity index (χ3n) is 1.86. The maximum Gasteiger partial charge on any atom is 0.335 e. The number of rotatable bonds is 2. The molecule has 17 heavy (non-hydrogen) atoms. The molecule has 0 aliphatic heterocycles. The molecule has 0 radical (unpaired) electrons. The number of amides is 1. The molecule has 0 aromatic heterocycles. The summed E-state index contributed by atoms with van der Waals surface area (Å²) in [6, 6.07) is 3.36. The van der Waals surface area contributed by atoms with Crippen molar-refractivity contribution in [1.29, 1.82) is 0 Å². The number of aromatic carboxylic acids is 1. The van der Waals surface area contributed by atoms with E-state index in [1.807, 2.05) is 0 Å². The smallest absolute Gasteiger partial charge is 0.335 e. The maximum absolute atomic E-state index is 13.2. The van der Waals surface area contributed by atoms with E-state index in [1.54, 1.807) is 0 Å². The third kappa shape index (κ3) is 3.95. The van der Waals surface area contributed by atoms with Gasteiger partial charge in [0.2, 0.25) is 5.91 Å². The molecule has 0 unspecified atom stereocenters. The zero-order valence-corrected chi connectivity index (χ0v) is 9.08. The molecule has 0 heterocycles. The number of carbonyl (C=O) groups is 2.